The summed E-state index contributed by atoms with van der Waals surface area (Å²) >= 11 is 0. The quantitative estimate of drug-likeness (QED) is 0.573. The lowest BCUT2D eigenvalue weighted by atomic mass is 10.1. The number of nitrogens with zero attached hydrogens (tertiary/aromatic N) is 3. The predicted octanol–water partition coefficient (Wildman–Crippen LogP) is 3.85. The van der Waals surface area contributed by atoms with Gasteiger partial charge in [-0.05, 0) is 63.6 Å². The average molecular weight is 367 g/mol. The van der Waals surface area contributed by atoms with E-state index in [-0.39, 0.29) is 0 Å². The van der Waals surface area contributed by atoms with Crippen molar-refractivity contribution in [1.29, 1.82) is 0 Å². The van der Waals surface area contributed by atoms with Gasteiger partial charge in [0, 0.05) is 5.69 Å². The van der Waals surface area contributed by atoms with E-state index in [1.807, 2.05) is 70.2 Å². The number of aryl methyl sites for hydroxylation is 1. The number of hydrogen-bond acceptors (Lipinski definition) is 6. The summed E-state index contributed by atoms with van der Waals surface area (Å²) in [6.07, 6.45) is 1.97. The van der Waals surface area contributed by atoms with E-state index in [1.165, 1.54) is 0 Å². The van der Waals surface area contributed by atoms with Crippen LogP contribution in [0.4, 0.5) is 0 Å². The molecule has 0 bridgehead atoms. The molecule has 3 heterocycles. The Bertz CT molecular complexity index is 855. The van der Waals surface area contributed by atoms with Crippen LogP contribution in [0, 0.1) is 6.92 Å². The SMILES string of the molecule is C/C(=C\c1cccc(C2(C)OCCO2)n1)CO/N=C(\C)c1cccc(C)n1. The summed E-state index contributed by atoms with van der Waals surface area (Å²) in [5.41, 5.74) is 5.11. The van der Waals surface area contributed by atoms with E-state index in [1.54, 1.807) is 0 Å². The van der Waals surface area contributed by atoms with Gasteiger partial charge in [-0.3, -0.25) is 4.98 Å². The summed E-state index contributed by atoms with van der Waals surface area (Å²) in [6, 6.07) is 11.6. The summed E-state index contributed by atoms with van der Waals surface area (Å²) in [5, 5.41) is 4.16. The van der Waals surface area contributed by atoms with E-state index in [0.717, 1.165) is 34.1 Å². The molecule has 0 radical (unpaired) electrons. The number of pyridine rings is 2. The molecule has 27 heavy (non-hydrogen) atoms. The lowest BCUT2D eigenvalue weighted by Crippen LogP contribution is -2.24. The maximum absolute atomic E-state index is 5.67. The third-order valence-corrected chi connectivity index (χ3v) is 4.22. The smallest absolute Gasteiger partial charge is 0.209 e. The second-order valence-electron chi connectivity index (χ2n) is 6.70. The summed E-state index contributed by atoms with van der Waals surface area (Å²) < 4.78 is 11.3. The van der Waals surface area contributed by atoms with Gasteiger partial charge in [0.15, 0.2) is 0 Å². The lowest BCUT2D eigenvalue weighted by Gasteiger charge is -2.21. The molecule has 0 spiro atoms. The molecule has 3 rings (SSSR count). The Kier molecular flexibility index (Phi) is 5.98. The fraction of sp³-hybridized carbons (Fsp3) is 0.381. The molecule has 1 aliphatic rings. The molecule has 0 amide bonds. The van der Waals surface area contributed by atoms with Crippen molar-refractivity contribution < 1.29 is 14.3 Å². The first-order valence-corrected chi connectivity index (χ1v) is 8.99. The summed E-state index contributed by atoms with van der Waals surface area (Å²) in [4.78, 5) is 14.5. The van der Waals surface area contributed by atoms with Crippen molar-refractivity contribution in [2.24, 2.45) is 5.16 Å². The van der Waals surface area contributed by atoms with Crippen LogP contribution in [0.2, 0.25) is 0 Å². The molecule has 0 saturated carbocycles. The molecule has 2 aromatic heterocycles. The Balaban J connectivity index is 1.63. The second kappa shape index (κ2) is 8.41. The van der Waals surface area contributed by atoms with Crippen LogP contribution in [0.5, 0.6) is 0 Å². The first-order valence-electron chi connectivity index (χ1n) is 8.99. The molecule has 0 N–H and O–H groups in total. The highest BCUT2D eigenvalue weighted by Crippen LogP contribution is 2.29. The lowest BCUT2D eigenvalue weighted by molar-refractivity contribution is -0.152. The number of aromatic nitrogens is 2. The van der Waals surface area contributed by atoms with Gasteiger partial charge >= 0.3 is 0 Å². The van der Waals surface area contributed by atoms with Crippen LogP contribution in [0.15, 0.2) is 47.1 Å². The minimum absolute atomic E-state index is 0.374. The molecular formula is C21H25N3O3. The molecule has 1 saturated heterocycles. The van der Waals surface area contributed by atoms with Gasteiger partial charge < -0.3 is 14.3 Å². The molecule has 2 aromatic rings. The third kappa shape index (κ3) is 4.99. The number of rotatable bonds is 6. The monoisotopic (exact) mass is 367 g/mol. The van der Waals surface area contributed by atoms with Crippen molar-refractivity contribution in [2.45, 2.75) is 33.5 Å². The summed E-state index contributed by atoms with van der Waals surface area (Å²) in [6.45, 7) is 9.24. The van der Waals surface area contributed by atoms with Gasteiger partial charge in [0.1, 0.15) is 12.3 Å². The van der Waals surface area contributed by atoms with Gasteiger partial charge in [0.05, 0.1) is 30.3 Å². The van der Waals surface area contributed by atoms with Gasteiger partial charge in [-0.25, -0.2) is 4.98 Å². The zero-order valence-corrected chi connectivity index (χ0v) is 16.2. The van der Waals surface area contributed by atoms with Gasteiger partial charge in [-0.15, -0.1) is 0 Å². The highest BCUT2D eigenvalue weighted by Gasteiger charge is 2.34. The first-order chi connectivity index (χ1) is 13.0. The maximum atomic E-state index is 5.67. The van der Waals surface area contributed by atoms with Gasteiger partial charge in [0.25, 0.3) is 0 Å². The van der Waals surface area contributed by atoms with E-state index in [4.69, 9.17) is 14.3 Å². The Morgan fingerprint density at radius 1 is 1.15 bits per heavy atom. The first kappa shape index (κ1) is 19.2. The maximum Gasteiger partial charge on any atom is 0.209 e. The Morgan fingerprint density at radius 3 is 2.63 bits per heavy atom. The molecule has 6 heteroatoms. The van der Waals surface area contributed by atoms with Crippen molar-refractivity contribution in [3.8, 4) is 0 Å². The molecule has 0 unspecified atom stereocenters. The van der Waals surface area contributed by atoms with Gasteiger partial charge in [-0.2, -0.15) is 0 Å². The molecule has 142 valence electrons. The van der Waals surface area contributed by atoms with Crippen LogP contribution in [-0.2, 0) is 20.1 Å². The predicted molar refractivity (Wildman–Crippen MR) is 104 cm³/mol. The fourth-order valence-corrected chi connectivity index (χ4v) is 2.76. The standard InChI is InChI=1S/C21H25N3O3/c1-15(14-27-24-17(3)19-9-5-7-16(2)22-19)13-18-8-6-10-20(23-18)21(4)25-11-12-26-21/h5-10,13H,11-12,14H2,1-4H3/b15-13+,24-17+. The van der Waals surface area contributed by atoms with E-state index in [9.17, 15) is 0 Å². The van der Waals surface area contributed by atoms with E-state index in [0.29, 0.717) is 19.8 Å². The summed E-state index contributed by atoms with van der Waals surface area (Å²) in [7, 11) is 0. The molecule has 1 fully saturated rings. The molecule has 0 aliphatic carbocycles. The van der Waals surface area contributed by atoms with Crippen LogP contribution >= 0.6 is 0 Å². The molecule has 0 atom stereocenters. The van der Waals surface area contributed by atoms with Crippen LogP contribution < -0.4 is 0 Å². The second-order valence-corrected chi connectivity index (χ2v) is 6.70. The van der Waals surface area contributed by atoms with E-state index in [2.05, 4.69) is 15.1 Å². The van der Waals surface area contributed by atoms with Gasteiger partial charge in [-0.1, -0.05) is 17.3 Å². The minimum atomic E-state index is -0.767. The van der Waals surface area contributed by atoms with Crippen molar-refractivity contribution >= 4 is 11.8 Å². The number of hydrogen-bond donors (Lipinski definition) is 0. The zero-order chi connectivity index (χ0) is 19.3. The summed E-state index contributed by atoms with van der Waals surface area (Å²) in [5.74, 6) is -0.767. The molecule has 1 aliphatic heterocycles. The number of ether oxygens (including phenoxy) is 2. The normalized spacial score (nSPS) is 17.2. The number of oxime groups is 1. The molecular weight excluding hydrogens is 342 g/mol. The van der Waals surface area contributed by atoms with Crippen LogP contribution in [0.25, 0.3) is 6.08 Å². The highest BCUT2D eigenvalue weighted by atomic mass is 16.7. The van der Waals surface area contributed by atoms with Gasteiger partial charge in [0.2, 0.25) is 5.79 Å². The topological polar surface area (TPSA) is 65.8 Å². The van der Waals surface area contributed by atoms with E-state index < -0.39 is 5.79 Å². The minimum Gasteiger partial charge on any atom is -0.391 e. The Labute approximate surface area is 159 Å². The Hall–Kier alpha value is -2.57. The van der Waals surface area contributed by atoms with E-state index >= 15 is 0 Å². The van der Waals surface area contributed by atoms with Crippen LogP contribution in [0.1, 0.15) is 43.5 Å². The third-order valence-electron chi connectivity index (χ3n) is 4.22. The fourth-order valence-electron chi connectivity index (χ4n) is 2.76. The van der Waals surface area contributed by atoms with Crippen molar-refractivity contribution in [2.75, 3.05) is 19.8 Å². The average Bonchev–Trinajstić information content (AvgIpc) is 3.10. The van der Waals surface area contributed by atoms with Crippen molar-refractivity contribution in [3.63, 3.8) is 0 Å². The Morgan fingerprint density at radius 2 is 1.89 bits per heavy atom. The highest BCUT2D eigenvalue weighted by molar-refractivity contribution is 5.96. The van der Waals surface area contributed by atoms with Crippen molar-refractivity contribution in [1.82, 2.24) is 9.97 Å². The van der Waals surface area contributed by atoms with Crippen LogP contribution in [-0.4, -0.2) is 35.5 Å². The van der Waals surface area contributed by atoms with Crippen LogP contribution in [0.3, 0.4) is 0 Å². The van der Waals surface area contributed by atoms with Crippen molar-refractivity contribution in [3.05, 3.63) is 64.7 Å². The molecule has 6 nitrogen and oxygen atoms in total. The zero-order valence-electron chi connectivity index (χ0n) is 16.2. The largest absolute Gasteiger partial charge is 0.391 e. The molecule has 0 aromatic carbocycles.